The maximum Gasteiger partial charge on any atom is 0.0693 e. The Kier molecular flexibility index (Phi) is 4.94. The maximum atomic E-state index is 10.1. The van der Waals surface area contributed by atoms with Gasteiger partial charge in [0.25, 0.3) is 0 Å². The molecule has 116 valence electrons. The van der Waals surface area contributed by atoms with Gasteiger partial charge in [-0.1, -0.05) is 43.2 Å². The third kappa shape index (κ3) is 3.65. The van der Waals surface area contributed by atoms with Crippen LogP contribution in [0.4, 0.5) is 0 Å². The number of aliphatic hydroxyl groups is 1. The second kappa shape index (κ2) is 6.91. The number of nitrogens with one attached hydrogen (secondary N) is 1. The Morgan fingerprint density at radius 2 is 1.90 bits per heavy atom. The zero-order valence-electron chi connectivity index (χ0n) is 13.0. The van der Waals surface area contributed by atoms with Crippen molar-refractivity contribution in [2.24, 2.45) is 0 Å². The lowest BCUT2D eigenvalue weighted by atomic mass is 9.92. The highest BCUT2D eigenvalue weighted by atomic mass is 16.3. The Hall–Kier alpha value is -0.900. The van der Waals surface area contributed by atoms with E-state index >= 15 is 0 Å². The van der Waals surface area contributed by atoms with Gasteiger partial charge in [0.05, 0.1) is 6.10 Å². The molecule has 1 heterocycles. The molecule has 0 bridgehead atoms. The van der Waals surface area contributed by atoms with Crippen LogP contribution in [-0.4, -0.2) is 41.3 Å². The van der Waals surface area contributed by atoms with E-state index in [0.29, 0.717) is 18.1 Å². The van der Waals surface area contributed by atoms with E-state index < -0.39 is 0 Å². The van der Waals surface area contributed by atoms with Crippen molar-refractivity contribution in [3.8, 4) is 0 Å². The Labute approximate surface area is 128 Å². The lowest BCUT2D eigenvalue weighted by Gasteiger charge is -2.31. The van der Waals surface area contributed by atoms with Crippen molar-refractivity contribution in [3.63, 3.8) is 0 Å². The van der Waals surface area contributed by atoms with Gasteiger partial charge in [0, 0.05) is 31.2 Å². The lowest BCUT2D eigenvalue weighted by Crippen LogP contribution is -2.48. The molecule has 3 nitrogen and oxygen atoms in total. The highest BCUT2D eigenvalue weighted by molar-refractivity contribution is 5.18. The molecule has 1 aromatic carbocycles. The molecule has 1 saturated heterocycles. The fourth-order valence-corrected chi connectivity index (χ4v) is 3.83. The second-order valence-electron chi connectivity index (χ2n) is 6.69. The summed E-state index contributed by atoms with van der Waals surface area (Å²) in [6.45, 7) is 4.54. The molecule has 4 atom stereocenters. The van der Waals surface area contributed by atoms with Gasteiger partial charge in [0.15, 0.2) is 0 Å². The maximum absolute atomic E-state index is 10.1. The van der Waals surface area contributed by atoms with E-state index in [1.165, 1.54) is 24.8 Å². The molecule has 1 aliphatic heterocycles. The van der Waals surface area contributed by atoms with Gasteiger partial charge < -0.3 is 10.4 Å². The van der Waals surface area contributed by atoms with Crippen molar-refractivity contribution < 1.29 is 5.11 Å². The van der Waals surface area contributed by atoms with Gasteiger partial charge in [0.2, 0.25) is 0 Å². The molecule has 3 heteroatoms. The number of likely N-dealkylation sites (tertiary alicyclic amines) is 1. The van der Waals surface area contributed by atoms with Crippen LogP contribution in [0.15, 0.2) is 30.3 Å². The topological polar surface area (TPSA) is 35.5 Å². The van der Waals surface area contributed by atoms with E-state index in [2.05, 4.69) is 47.5 Å². The molecule has 0 radical (unpaired) electrons. The summed E-state index contributed by atoms with van der Waals surface area (Å²) in [5, 5.41) is 13.8. The smallest absolute Gasteiger partial charge is 0.0693 e. The predicted molar refractivity (Wildman–Crippen MR) is 86.2 cm³/mol. The van der Waals surface area contributed by atoms with Crippen LogP contribution in [-0.2, 0) is 0 Å². The quantitative estimate of drug-likeness (QED) is 0.894. The summed E-state index contributed by atoms with van der Waals surface area (Å²) in [5.74, 6) is 0. The molecule has 0 aromatic heterocycles. The monoisotopic (exact) mass is 288 g/mol. The first-order chi connectivity index (χ1) is 10.2. The molecule has 1 aromatic rings. The van der Waals surface area contributed by atoms with E-state index in [0.717, 1.165) is 25.9 Å². The average molecular weight is 288 g/mol. The summed E-state index contributed by atoms with van der Waals surface area (Å²) in [5.41, 5.74) is 1.40. The predicted octanol–water partition coefficient (Wildman–Crippen LogP) is 2.72. The molecule has 2 fully saturated rings. The normalized spacial score (nSPS) is 32.2. The third-order valence-corrected chi connectivity index (χ3v) is 5.23. The molecule has 0 amide bonds. The van der Waals surface area contributed by atoms with Crippen molar-refractivity contribution >= 4 is 0 Å². The van der Waals surface area contributed by atoms with E-state index in [4.69, 9.17) is 0 Å². The molecule has 3 rings (SSSR count). The van der Waals surface area contributed by atoms with Crippen LogP contribution in [0.5, 0.6) is 0 Å². The molecule has 0 spiro atoms. The van der Waals surface area contributed by atoms with Crippen molar-refractivity contribution in [1.29, 1.82) is 0 Å². The summed E-state index contributed by atoms with van der Waals surface area (Å²) in [6, 6.07) is 12.1. The summed E-state index contributed by atoms with van der Waals surface area (Å²) in [6.07, 6.45) is 5.59. The van der Waals surface area contributed by atoms with Crippen LogP contribution in [0.3, 0.4) is 0 Å². The number of aliphatic hydroxyl groups excluding tert-OH is 1. The van der Waals surface area contributed by atoms with Crippen molar-refractivity contribution in [3.05, 3.63) is 35.9 Å². The molecule has 1 saturated carbocycles. The van der Waals surface area contributed by atoms with E-state index in [1.54, 1.807) is 0 Å². The standard InChI is InChI=1S/C18H28N2O/c1-14(15-7-3-2-4-8-15)20-12-11-16(13-20)19-17-9-5-6-10-18(17)21/h2-4,7-8,14,16-19,21H,5-6,9-13H2,1H3. The van der Waals surface area contributed by atoms with Crippen LogP contribution in [0.2, 0.25) is 0 Å². The third-order valence-electron chi connectivity index (χ3n) is 5.23. The van der Waals surface area contributed by atoms with E-state index in [-0.39, 0.29) is 6.10 Å². The largest absolute Gasteiger partial charge is 0.392 e. The summed E-state index contributed by atoms with van der Waals surface area (Å²) < 4.78 is 0. The van der Waals surface area contributed by atoms with Gasteiger partial charge >= 0.3 is 0 Å². The zero-order valence-corrected chi connectivity index (χ0v) is 13.0. The SMILES string of the molecule is CC(c1ccccc1)N1CCC(NC2CCCCC2O)C1. The fraction of sp³-hybridized carbons (Fsp3) is 0.667. The van der Waals surface area contributed by atoms with Gasteiger partial charge in [0.1, 0.15) is 0 Å². The number of benzene rings is 1. The van der Waals surface area contributed by atoms with Gasteiger partial charge in [-0.2, -0.15) is 0 Å². The molecule has 2 aliphatic rings. The van der Waals surface area contributed by atoms with Crippen molar-refractivity contribution in [2.75, 3.05) is 13.1 Å². The van der Waals surface area contributed by atoms with Gasteiger partial charge in [-0.05, 0) is 31.7 Å². The summed E-state index contributed by atoms with van der Waals surface area (Å²) >= 11 is 0. The number of hydrogen-bond donors (Lipinski definition) is 2. The highest BCUT2D eigenvalue weighted by Gasteiger charge is 2.31. The van der Waals surface area contributed by atoms with Crippen LogP contribution in [0, 0.1) is 0 Å². The first-order valence-electron chi connectivity index (χ1n) is 8.47. The molecular weight excluding hydrogens is 260 g/mol. The van der Waals surface area contributed by atoms with Crippen LogP contribution in [0.1, 0.15) is 50.6 Å². The molecular formula is C18H28N2O. The van der Waals surface area contributed by atoms with Crippen LogP contribution in [0.25, 0.3) is 0 Å². The molecule has 4 unspecified atom stereocenters. The number of nitrogens with zero attached hydrogens (tertiary/aromatic N) is 1. The minimum Gasteiger partial charge on any atom is -0.392 e. The Morgan fingerprint density at radius 3 is 2.67 bits per heavy atom. The van der Waals surface area contributed by atoms with Gasteiger partial charge in [-0.25, -0.2) is 0 Å². The first kappa shape index (κ1) is 15.0. The minimum atomic E-state index is -0.139. The zero-order chi connectivity index (χ0) is 14.7. The average Bonchev–Trinajstić information content (AvgIpc) is 2.98. The van der Waals surface area contributed by atoms with E-state index in [9.17, 15) is 5.11 Å². The van der Waals surface area contributed by atoms with Gasteiger partial charge in [-0.3, -0.25) is 4.90 Å². The molecule has 1 aliphatic carbocycles. The van der Waals surface area contributed by atoms with Crippen molar-refractivity contribution in [1.82, 2.24) is 10.2 Å². The minimum absolute atomic E-state index is 0.139. The van der Waals surface area contributed by atoms with Crippen LogP contribution >= 0.6 is 0 Å². The number of hydrogen-bond acceptors (Lipinski definition) is 3. The fourth-order valence-electron chi connectivity index (χ4n) is 3.83. The number of rotatable bonds is 4. The van der Waals surface area contributed by atoms with E-state index in [1.807, 2.05) is 0 Å². The summed E-state index contributed by atoms with van der Waals surface area (Å²) in [4.78, 5) is 2.56. The lowest BCUT2D eigenvalue weighted by molar-refractivity contribution is 0.0848. The molecule has 2 N–H and O–H groups in total. The first-order valence-corrected chi connectivity index (χ1v) is 8.47. The Bertz CT molecular complexity index is 436. The molecule has 21 heavy (non-hydrogen) atoms. The Morgan fingerprint density at radius 1 is 1.14 bits per heavy atom. The second-order valence-corrected chi connectivity index (χ2v) is 6.69. The van der Waals surface area contributed by atoms with Crippen molar-refractivity contribution in [2.45, 2.75) is 63.3 Å². The van der Waals surface area contributed by atoms with Crippen LogP contribution < -0.4 is 5.32 Å². The van der Waals surface area contributed by atoms with Gasteiger partial charge in [-0.15, -0.1) is 0 Å². The summed E-state index contributed by atoms with van der Waals surface area (Å²) in [7, 11) is 0. The Balaban J connectivity index is 1.53. The highest BCUT2D eigenvalue weighted by Crippen LogP contribution is 2.26.